The summed E-state index contributed by atoms with van der Waals surface area (Å²) in [5, 5.41) is 175. The molecular formula is C62H100O29. The van der Waals surface area contributed by atoms with Crippen molar-refractivity contribution in [2.75, 3.05) is 46.2 Å². The topological polar surface area (TPSA) is 452 Å². The van der Waals surface area contributed by atoms with Gasteiger partial charge in [-0.15, -0.1) is 0 Å². The maximum Gasteiger partial charge on any atom is 0.317 e. The summed E-state index contributed by atoms with van der Waals surface area (Å²) in [5.41, 5.74) is -7.04. The van der Waals surface area contributed by atoms with E-state index in [1.807, 2.05) is 0 Å². The maximum atomic E-state index is 15.5. The first-order valence-corrected chi connectivity index (χ1v) is 32.3. The van der Waals surface area contributed by atoms with Gasteiger partial charge >= 0.3 is 5.97 Å². The number of hydrogen-bond donors (Lipinski definition) is 16. The van der Waals surface area contributed by atoms with Crippen LogP contribution in [-0.2, 0) is 61.6 Å². The minimum atomic E-state index is -2.13. The second-order valence-corrected chi connectivity index (χ2v) is 30.5. The largest absolute Gasteiger partial charge is 0.432 e. The van der Waals surface area contributed by atoms with Gasteiger partial charge < -0.3 is 139 Å². The Labute approximate surface area is 527 Å². The molecule has 6 saturated heterocycles. The molecule has 0 aromatic carbocycles. The fourth-order valence-electron chi connectivity index (χ4n) is 18.4. The molecule has 0 spiro atoms. The molecule has 0 radical (unpaired) electrons. The summed E-state index contributed by atoms with van der Waals surface area (Å²) in [6.07, 6.45) is -30.4. The highest BCUT2D eigenvalue weighted by molar-refractivity contribution is 5.80. The monoisotopic (exact) mass is 1310 g/mol. The lowest BCUT2D eigenvalue weighted by atomic mass is 9.33. The minimum Gasteiger partial charge on any atom is -0.432 e. The first kappa shape index (κ1) is 70.4. The van der Waals surface area contributed by atoms with Crippen LogP contribution in [0.2, 0.25) is 0 Å². The van der Waals surface area contributed by atoms with E-state index in [0.29, 0.717) is 44.9 Å². The third-order valence-electron chi connectivity index (χ3n) is 24.3. The highest BCUT2D eigenvalue weighted by Crippen LogP contribution is 2.76. The first-order valence-electron chi connectivity index (χ1n) is 32.3. The number of aliphatic hydroxyl groups excluding tert-OH is 14. The molecule has 29 nitrogen and oxygen atoms in total. The van der Waals surface area contributed by atoms with E-state index < -0.39 is 239 Å². The molecule has 29 heteroatoms. The molecule has 11 rings (SSSR count). The average Bonchev–Trinajstić information content (AvgIpc) is 1.17. The van der Waals surface area contributed by atoms with Crippen molar-refractivity contribution in [3.8, 4) is 0 Å². The molecule has 0 aromatic rings. The predicted octanol–water partition coefficient (Wildman–Crippen LogP) is -3.83. The molecule has 522 valence electrons. The van der Waals surface area contributed by atoms with E-state index in [2.05, 4.69) is 54.5 Å². The Balaban J connectivity index is 0.812. The van der Waals surface area contributed by atoms with Gasteiger partial charge in [-0.25, -0.2) is 0 Å². The summed E-state index contributed by atoms with van der Waals surface area (Å²) >= 11 is 0. The minimum absolute atomic E-state index is 0.00504. The molecule has 4 saturated carbocycles. The van der Waals surface area contributed by atoms with Crippen molar-refractivity contribution in [1.29, 1.82) is 0 Å². The number of esters is 1. The Hall–Kier alpha value is -1.87. The summed E-state index contributed by atoms with van der Waals surface area (Å²) in [7, 11) is 0. The molecule has 33 atom stereocenters. The summed E-state index contributed by atoms with van der Waals surface area (Å²) in [4.78, 5) is 15.5. The van der Waals surface area contributed by atoms with Crippen molar-refractivity contribution in [3.05, 3.63) is 11.6 Å². The fraction of sp³-hybridized carbons (Fsp3) is 0.952. The van der Waals surface area contributed by atoms with Crippen LogP contribution in [0.4, 0.5) is 0 Å². The number of fused-ring (bicyclic) bond motifs is 7. The van der Waals surface area contributed by atoms with E-state index in [-0.39, 0.29) is 35.5 Å². The average molecular weight is 1310 g/mol. The van der Waals surface area contributed by atoms with Gasteiger partial charge in [0, 0.05) is 0 Å². The van der Waals surface area contributed by atoms with Gasteiger partial charge in [0.1, 0.15) is 102 Å². The zero-order chi connectivity index (χ0) is 66.2. The van der Waals surface area contributed by atoms with E-state index in [1.54, 1.807) is 0 Å². The number of aliphatic hydroxyl groups is 16. The van der Waals surface area contributed by atoms with Crippen LogP contribution >= 0.6 is 0 Å². The van der Waals surface area contributed by atoms with E-state index in [0.717, 1.165) is 5.57 Å². The summed E-state index contributed by atoms with van der Waals surface area (Å²) in [5.74, 6) is -1.28. The standard InChI is InChI=1S/C62H100O29/c1-26-42(87-48-39(72)36(69)29(66)20-80-48)38(71)40(73)49(84-26)90-45-37(70)30(67)21-81-51(45)91-54(77)62-16-15-55(2,3)17-28(62)27-9-10-33-57(6)13-12-35(56(4,5)32(57)11-14-58(33,7)59(27,8)18-34(62)68)86-50-41(74)44(89-53-47(76)61(79,23-65)25-83-53)43(31(19-63)85-50)88-52-46(75)60(78,22-64)24-82-52/h9,26,28-53,63-76,78-79H,10-25H2,1-8H3/t26-,28-,29+,30-,31+,32?,33?,34?,35-,36-,37-,38-,39+,40+,41+,42-,43+,44+,45+,46-,47-,48-,49-,50-,51-,52-,53-,57-,58+,59+,60+,61+,62+/m0/s1. The van der Waals surface area contributed by atoms with E-state index in [9.17, 15) is 81.7 Å². The summed E-state index contributed by atoms with van der Waals surface area (Å²) < 4.78 is 71.8. The number of rotatable bonds is 15. The van der Waals surface area contributed by atoms with Crippen LogP contribution in [0, 0.1) is 50.2 Å². The van der Waals surface area contributed by atoms with E-state index >= 15 is 4.79 Å². The highest BCUT2D eigenvalue weighted by Gasteiger charge is 2.72. The molecule has 0 bridgehead atoms. The molecular weight excluding hydrogens is 1210 g/mol. The maximum absolute atomic E-state index is 15.5. The van der Waals surface area contributed by atoms with Gasteiger partial charge in [-0.05, 0) is 110 Å². The number of allylic oxidation sites excluding steroid dienone is 2. The van der Waals surface area contributed by atoms with Crippen molar-refractivity contribution in [2.45, 2.75) is 272 Å². The number of carbonyl (C=O) groups is 1. The summed E-state index contributed by atoms with van der Waals surface area (Å²) in [6.45, 7) is 12.3. The van der Waals surface area contributed by atoms with Gasteiger partial charge in [-0.3, -0.25) is 4.79 Å². The highest BCUT2D eigenvalue weighted by atomic mass is 16.8. The molecule has 0 aromatic heterocycles. The van der Waals surface area contributed by atoms with Gasteiger partial charge in [0.2, 0.25) is 6.29 Å². The fourth-order valence-corrected chi connectivity index (χ4v) is 18.4. The molecule has 10 fully saturated rings. The Morgan fingerprint density at radius 2 is 1.13 bits per heavy atom. The van der Waals surface area contributed by atoms with Crippen molar-refractivity contribution in [1.82, 2.24) is 0 Å². The molecule has 6 heterocycles. The molecule has 91 heavy (non-hydrogen) atoms. The zero-order valence-corrected chi connectivity index (χ0v) is 52.9. The van der Waals surface area contributed by atoms with Gasteiger partial charge in [0.25, 0.3) is 0 Å². The predicted molar refractivity (Wildman–Crippen MR) is 304 cm³/mol. The van der Waals surface area contributed by atoms with E-state index in [4.69, 9.17) is 56.8 Å². The van der Waals surface area contributed by atoms with Gasteiger partial charge in [0.15, 0.2) is 37.6 Å². The van der Waals surface area contributed by atoms with Crippen molar-refractivity contribution < 1.29 is 143 Å². The second kappa shape index (κ2) is 25.5. The van der Waals surface area contributed by atoms with Gasteiger partial charge in [-0.2, -0.15) is 0 Å². The third kappa shape index (κ3) is 11.6. The van der Waals surface area contributed by atoms with Crippen LogP contribution in [0.3, 0.4) is 0 Å². The lowest BCUT2D eigenvalue weighted by Crippen LogP contribution is -2.68. The summed E-state index contributed by atoms with van der Waals surface area (Å²) in [6, 6.07) is 0. The van der Waals surface area contributed by atoms with Crippen LogP contribution in [0.1, 0.15) is 113 Å². The van der Waals surface area contributed by atoms with E-state index in [1.165, 1.54) is 6.92 Å². The lowest BCUT2D eigenvalue weighted by Gasteiger charge is -2.71. The quantitative estimate of drug-likeness (QED) is 0.0424. The van der Waals surface area contributed by atoms with Crippen LogP contribution in [0.15, 0.2) is 11.6 Å². The number of hydrogen-bond acceptors (Lipinski definition) is 29. The lowest BCUT2D eigenvalue weighted by molar-refractivity contribution is -0.369. The first-order chi connectivity index (χ1) is 42.6. The van der Waals surface area contributed by atoms with Crippen LogP contribution in [0.25, 0.3) is 0 Å². The molecule has 6 aliphatic heterocycles. The second-order valence-electron chi connectivity index (χ2n) is 30.5. The normalized spacial score (nSPS) is 54.5. The molecule has 16 N–H and O–H groups in total. The van der Waals surface area contributed by atoms with Gasteiger partial charge in [-0.1, -0.05) is 60.1 Å². The van der Waals surface area contributed by atoms with Crippen LogP contribution in [0.5, 0.6) is 0 Å². The Kier molecular flexibility index (Phi) is 19.7. The van der Waals surface area contributed by atoms with Crippen molar-refractivity contribution in [3.63, 3.8) is 0 Å². The Bertz CT molecular complexity index is 2600. The smallest absolute Gasteiger partial charge is 0.317 e. The Morgan fingerprint density at radius 1 is 0.560 bits per heavy atom. The SMILES string of the molecule is C[C@@H]1O[C@@H](O[C@H]2[C@H](OC(=O)[C@]34CCC(C)(C)C[C@H]3C3=CCC5[C@@]6(C)CC[C@H](O[C@@H]7O[C@H](CO)[C@@H](O[C@@H]8OC[C@](O)(CO)[C@H]8O)[C@H](O[C@@H]8OC[C@](O)(CO)[C@H]8O)[C@H]7O)C(C)(C)C6CC[C@@]5(C)[C@]3(C)CC4O)OC[C@H](O)[C@@H]2O)[C@H](O)[C@H](O)[C@H]1O[C@@H]1OC[C@@H](O)[C@H](O)[C@H]1O. The van der Waals surface area contributed by atoms with Crippen LogP contribution < -0.4 is 0 Å². The molecule has 5 aliphatic carbocycles. The Morgan fingerprint density at radius 3 is 1.75 bits per heavy atom. The molecule has 11 aliphatic rings. The molecule has 3 unspecified atom stereocenters. The number of ether oxygens (including phenoxy) is 12. The van der Waals surface area contributed by atoms with Crippen molar-refractivity contribution in [2.24, 2.45) is 50.2 Å². The van der Waals surface area contributed by atoms with Crippen LogP contribution in [-0.4, -0.2) is 293 Å². The number of carbonyl (C=O) groups excluding carboxylic acids is 1. The zero-order valence-electron chi connectivity index (χ0n) is 52.9. The third-order valence-corrected chi connectivity index (χ3v) is 24.3. The molecule has 0 amide bonds. The van der Waals surface area contributed by atoms with Gasteiger partial charge in [0.05, 0.1) is 64.6 Å². The van der Waals surface area contributed by atoms with Crippen molar-refractivity contribution >= 4 is 5.97 Å².